The molecule has 1 amide bonds. The Morgan fingerprint density at radius 3 is 2.35 bits per heavy atom. The van der Waals surface area contributed by atoms with E-state index in [2.05, 4.69) is 17.4 Å². The van der Waals surface area contributed by atoms with E-state index in [0.717, 1.165) is 29.0 Å². The normalized spacial score (nSPS) is 15.6. The van der Waals surface area contributed by atoms with E-state index in [9.17, 15) is 17.6 Å². The van der Waals surface area contributed by atoms with Crippen LogP contribution in [0.15, 0.2) is 42.5 Å². The monoisotopic (exact) mass is 446 g/mol. The number of hydrogen-bond donors (Lipinski definition) is 1. The second-order valence-corrected chi connectivity index (χ2v) is 10.00. The van der Waals surface area contributed by atoms with E-state index in [4.69, 9.17) is 0 Å². The summed E-state index contributed by atoms with van der Waals surface area (Å²) in [5, 5.41) is 3.02. The fourth-order valence-corrected chi connectivity index (χ4v) is 5.54. The van der Waals surface area contributed by atoms with Gasteiger partial charge >= 0.3 is 0 Å². The molecule has 168 valence electrons. The standard InChI is InChI=1S/C24H31FN2O3S/c1-4-21(19-15-14-17-10-6-7-11-18(17)16-19)26-24(28)22(5-2)27(31(3,29)30)23-13-9-8-12-20(23)25/h8-9,12-16,21-22H,4-7,10-11H2,1-3H3,(H,26,28)/t21-,22-/m1/s1. The number of nitrogens with zero attached hydrogens (tertiary/aromatic N) is 1. The summed E-state index contributed by atoms with van der Waals surface area (Å²) in [6, 6.07) is 10.7. The van der Waals surface area contributed by atoms with Gasteiger partial charge in [-0.3, -0.25) is 9.10 Å². The van der Waals surface area contributed by atoms with Crippen LogP contribution in [0.1, 0.15) is 62.3 Å². The lowest BCUT2D eigenvalue weighted by Gasteiger charge is -2.31. The molecule has 0 aromatic heterocycles. The molecule has 0 aliphatic heterocycles. The number of amides is 1. The van der Waals surface area contributed by atoms with Gasteiger partial charge in [0.25, 0.3) is 0 Å². The molecule has 0 fully saturated rings. The minimum atomic E-state index is -3.88. The van der Waals surface area contributed by atoms with Gasteiger partial charge in [-0.05, 0) is 67.3 Å². The zero-order chi connectivity index (χ0) is 22.6. The summed E-state index contributed by atoms with van der Waals surface area (Å²) < 4.78 is 40.5. The smallest absolute Gasteiger partial charge is 0.244 e. The number of rotatable bonds is 8. The molecule has 0 unspecified atom stereocenters. The molecule has 0 bridgehead atoms. The van der Waals surface area contributed by atoms with Crippen molar-refractivity contribution >= 4 is 21.6 Å². The first-order valence-corrected chi connectivity index (χ1v) is 12.8. The van der Waals surface area contributed by atoms with Crippen molar-refractivity contribution in [3.05, 3.63) is 65.0 Å². The summed E-state index contributed by atoms with van der Waals surface area (Å²) >= 11 is 0. The number of benzene rings is 2. The molecule has 31 heavy (non-hydrogen) atoms. The second kappa shape index (κ2) is 9.81. The van der Waals surface area contributed by atoms with E-state index < -0.39 is 27.8 Å². The topological polar surface area (TPSA) is 66.5 Å². The average Bonchev–Trinajstić information content (AvgIpc) is 2.75. The molecule has 5 nitrogen and oxygen atoms in total. The fourth-order valence-electron chi connectivity index (χ4n) is 4.32. The zero-order valence-electron chi connectivity index (χ0n) is 18.4. The highest BCUT2D eigenvalue weighted by Gasteiger charge is 2.34. The largest absolute Gasteiger partial charge is 0.347 e. The lowest BCUT2D eigenvalue weighted by molar-refractivity contribution is -0.123. The fraction of sp³-hybridized carbons (Fsp3) is 0.458. The number of sulfonamides is 1. The van der Waals surface area contributed by atoms with Gasteiger partial charge < -0.3 is 5.32 Å². The number of para-hydroxylation sites is 1. The van der Waals surface area contributed by atoms with Crippen LogP contribution in [-0.2, 0) is 27.7 Å². The summed E-state index contributed by atoms with van der Waals surface area (Å²) in [6.45, 7) is 3.71. The van der Waals surface area contributed by atoms with Gasteiger partial charge in [0.1, 0.15) is 11.9 Å². The number of anilines is 1. The molecule has 7 heteroatoms. The number of carbonyl (C=O) groups excluding carboxylic acids is 1. The van der Waals surface area contributed by atoms with Gasteiger partial charge in [-0.15, -0.1) is 0 Å². The first kappa shape index (κ1) is 23.3. The first-order chi connectivity index (χ1) is 14.8. The van der Waals surface area contributed by atoms with E-state index in [1.54, 1.807) is 13.0 Å². The van der Waals surface area contributed by atoms with Crippen LogP contribution in [0, 0.1) is 5.82 Å². The van der Waals surface area contributed by atoms with Crippen LogP contribution < -0.4 is 9.62 Å². The minimum absolute atomic E-state index is 0.117. The molecule has 0 saturated carbocycles. The predicted octanol–water partition coefficient (Wildman–Crippen LogP) is 4.52. The van der Waals surface area contributed by atoms with E-state index in [-0.39, 0.29) is 18.2 Å². The van der Waals surface area contributed by atoms with Crippen LogP contribution in [0.2, 0.25) is 0 Å². The van der Waals surface area contributed by atoms with E-state index >= 15 is 0 Å². The van der Waals surface area contributed by atoms with Crippen LogP contribution in [-0.4, -0.2) is 26.6 Å². The maximum Gasteiger partial charge on any atom is 0.244 e. The van der Waals surface area contributed by atoms with Crippen molar-refractivity contribution in [1.82, 2.24) is 5.32 Å². The van der Waals surface area contributed by atoms with Crippen molar-refractivity contribution in [2.45, 2.75) is 64.5 Å². The molecule has 3 rings (SSSR count). The van der Waals surface area contributed by atoms with Gasteiger partial charge in [-0.25, -0.2) is 12.8 Å². The number of carbonyl (C=O) groups is 1. The second-order valence-electron chi connectivity index (χ2n) is 8.14. The molecular formula is C24H31FN2O3S. The summed E-state index contributed by atoms with van der Waals surface area (Å²) in [7, 11) is -3.88. The molecule has 0 spiro atoms. The maximum atomic E-state index is 14.4. The van der Waals surface area contributed by atoms with Gasteiger partial charge in [0.15, 0.2) is 0 Å². The molecule has 0 heterocycles. The highest BCUT2D eigenvalue weighted by Crippen LogP contribution is 2.28. The third kappa shape index (κ3) is 5.26. The Kier molecular flexibility index (Phi) is 7.36. The quantitative estimate of drug-likeness (QED) is 0.649. The summed E-state index contributed by atoms with van der Waals surface area (Å²) in [5.74, 6) is -1.11. The first-order valence-electron chi connectivity index (χ1n) is 10.9. The molecule has 1 aliphatic carbocycles. The van der Waals surface area contributed by atoms with Gasteiger partial charge in [-0.1, -0.05) is 44.2 Å². The molecule has 2 aromatic rings. The van der Waals surface area contributed by atoms with E-state index in [0.29, 0.717) is 6.42 Å². The van der Waals surface area contributed by atoms with Crippen LogP contribution >= 0.6 is 0 Å². The van der Waals surface area contributed by atoms with Crippen molar-refractivity contribution in [2.24, 2.45) is 0 Å². The number of hydrogen-bond acceptors (Lipinski definition) is 3. The predicted molar refractivity (Wildman–Crippen MR) is 122 cm³/mol. The van der Waals surface area contributed by atoms with Crippen molar-refractivity contribution in [3.63, 3.8) is 0 Å². The van der Waals surface area contributed by atoms with Crippen molar-refractivity contribution in [3.8, 4) is 0 Å². The Labute approximate surface area is 184 Å². The molecule has 2 atom stereocenters. The molecule has 2 aromatic carbocycles. The number of fused-ring (bicyclic) bond motifs is 1. The van der Waals surface area contributed by atoms with Gasteiger partial charge in [0.05, 0.1) is 18.0 Å². The van der Waals surface area contributed by atoms with Crippen LogP contribution in [0.3, 0.4) is 0 Å². The van der Waals surface area contributed by atoms with Crippen molar-refractivity contribution in [2.75, 3.05) is 10.6 Å². The number of aryl methyl sites for hydroxylation is 2. The molecule has 1 N–H and O–H groups in total. The van der Waals surface area contributed by atoms with Crippen LogP contribution in [0.4, 0.5) is 10.1 Å². The molecule has 0 saturated heterocycles. The highest BCUT2D eigenvalue weighted by atomic mass is 32.2. The lowest BCUT2D eigenvalue weighted by Crippen LogP contribution is -2.50. The SMILES string of the molecule is CC[C@H](C(=O)N[C@H](CC)c1ccc2c(c1)CCCC2)N(c1ccccc1F)S(C)(=O)=O. The number of nitrogens with one attached hydrogen (secondary N) is 1. The lowest BCUT2D eigenvalue weighted by atomic mass is 9.88. The zero-order valence-corrected chi connectivity index (χ0v) is 19.2. The maximum absolute atomic E-state index is 14.4. The minimum Gasteiger partial charge on any atom is -0.347 e. The van der Waals surface area contributed by atoms with Gasteiger partial charge in [-0.2, -0.15) is 0 Å². The molecule has 0 radical (unpaired) electrons. The summed E-state index contributed by atoms with van der Waals surface area (Å²) in [6.07, 6.45) is 6.38. The Morgan fingerprint density at radius 1 is 1.06 bits per heavy atom. The molecule has 1 aliphatic rings. The average molecular weight is 447 g/mol. The highest BCUT2D eigenvalue weighted by molar-refractivity contribution is 7.92. The Bertz CT molecular complexity index is 1040. The number of halogens is 1. The van der Waals surface area contributed by atoms with Crippen LogP contribution in [0.5, 0.6) is 0 Å². The van der Waals surface area contributed by atoms with Crippen molar-refractivity contribution < 1.29 is 17.6 Å². The van der Waals surface area contributed by atoms with Crippen LogP contribution in [0.25, 0.3) is 0 Å². The van der Waals surface area contributed by atoms with E-state index in [1.165, 1.54) is 42.2 Å². The molecular weight excluding hydrogens is 415 g/mol. The third-order valence-corrected chi connectivity index (χ3v) is 7.09. The van der Waals surface area contributed by atoms with Crippen molar-refractivity contribution in [1.29, 1.82) is 0 Å². The summed E-state index contributed by atoms with van der Waals surface area (Å²) in [4.78, 5) is 13.2. The summed E-state index contributed by atoms with van der Waals surface area (Å²) in [5.41, 5.74) is 3.59. The van der Waals surface area contributed by atoms with E-state index in [1.807, 2.05) is 13.0 Å². The third-order valence-electron chi connectivity index (χ3n) is 5.92. The Hall–Kier alpha value is -2.41. The van der Waals surface area contributed by atoms with Gasteiger partial charge in [0.2, 0.25) is 15.9 Å². The Balaban J connectivity index is 1.88. The Morgan fingerprint density at radius 2 is 1.74 bits per heavy atom. The van der Waals surface area contributed by atoms with Gasteiger partial charge in [0, 0.05) is 0 Å².